The van der Waals surface area contributed by atoms with Gasteiger partial charge < -0.3 is 9.33 Å². The molecule has 9 aromatic rings. The molecule has 2 aromatic heterocycles. The number of aromatic nitrogens is 3. The number of rotatable bonds is 3. The van der Waals surface area contributed by atoms with Crippen molar-refractivity contribution >= 4 is 28.7 Å². The summed E-state index contributed by atoms with van der Waals surface area (Å²) in [5, 5.41) is 1.11. The largest absolute Gasteiger partial charge is 0.441 e. The van der Waals surface area contributed by atoms with Gasteiger partial charge in [-0.05, 0) is 51.6 Å². The molecule has 0 atom stereocenters. The summed E-state index contributed by atoms with van der Waals surface area (Å²) in [6.07, 6.45) is 0. The number of hydrogen-bond acceptors (Lipinski definition) is 2. The lowest BCUT2D eigenvalue weighted by Crippen LogP contribution is -2.51. The second-order valence-corrected chi connectivity index (χ2v) is 15.1. The Morgan fingerprint density at radius 1 is 0.527 bits per heavy atom. The molecule has 2 aliphatic heterocycles. The van der Waals surface area contributed by atoms with Crippen molar-refractivity contribution in [2.45, 2.75) is 11.8 Å². The van der Waals surface area contributed by atoms with Gasteiger partial charge in [0, 0.05) is 39.1 Å². The molecule has 0 radical (unpaired) electrons. The molecule has 0 unspecified atom stereocenters. The predicted octanol–water partition coefficient (Wildman–Crippen LogP) is 8.98. The fraction of sp³-hybridized carbons (Fsp3) is 0.0408. The quantitative estimate of drug-likeness (QED) is 0.173. The highest BCUT2D eigenvalue weighted by molar-refractivity contribution is 6.89. The molecule has 6 heteroatoms. The van der Waals surface area contributed by atoms with Crippen LogP contribution in [0.4, 0.5) is 0 Å². The standard InChI is InChI=1S/C49H30BN3O2/c54-48-43-41-33-19-7-9-21-35(33)42(36-22-10-8-20-34(36)41)47(43)53-50-44-37-23-11-12-26-38(37)51(49(44)55-40-28-14-27-39(45(40)50)52(48)53)46-31(29-15-3-1-4-16-29)24-13-25-32(46)30-17-5-2-6-18-30/h1-28,41-42H. The first kappa shape index (κ1) is 29.4. The first-order chi connectivity index (χ1) is 27.3. The summed E-state index contributed by atoms with van der Waals surface area (Å²) in [5.41, 5.74) is 16.7. The molecule has 55 heavy (non-hydrogen) atoms. The molecule has 0 saturated carbocycles. The molecular weight excluding hydrogens is 673 g/mol. The van der Waals surface area contributed by atoms with Gasteiger partial charge in [-0.1, -0.05) is 152 Å². The van der Waals surface area contributed by atoms with Crippen molar-refractivity contribution in [1.29, 1.82) is 0 Å². The molecule has 0 saturated heterocycles. The summed E-state index contributed by atoms with van der Waals surface area (Å²) in [6.45, 7) is -0.278. The van der Waals surface area contributed by atoms with Crippen LogP contribution in [0.15, 0.2) is 175 Å². The second kappa shape index (κ2) is 10.5. The highest BCUT2D eigenvalue weighted by atomic mass is 16.5. The van der Waals surface area contributed by atoms with Gasteiger partial charge in [0.1, 0.15) is 5.75 Å². The van der Waals surface area contributed by atoms with Crippen molar-refractivity contribution in [3.8, 4) is 45.3 Å². The molecule has 14 rings (SSSR count). The molecule has 2 bridgehead atoms. The van der Waals surface area contributed by atoms with Crippen molar-refractivity contribution in [1.82, 2.24) is 13.8 Å². The Bertz CT molecular complexity index is 3070. The molecule has 7 aromatic carbocycles. The molecule has 3 aliphatic carbocycles. The van der Waals surface area contributed by atoms with Crippen LogP contribution in [0.1, 0.15) is 45.3 Å². The van der Waals surface area contributed by atoms with E-state index in [1.54, 1.807) is 0 Å². The van der Waals surface area contributed by atoms with Gasteiger partial charge in [-0.2, -0.15) is 0 Å². The summed E-state index contributed by atoms with van der Waals surface area (Å²) in [5.74, 6) is 1.37. The molecule has 0 fully saturated rings. The number of hydrogen-bond donors (Lipinski definition) is 0. The van der Waals surface area contributed by atoms with Crippen LogP contribution in [-0.4, -0.2) is 20.7 Å². The lowest BCUT2D eigenvalue weighted by Gasteiger charge is -2.40. The normalized spacial score (nSPS) is 16.2. The Labute approximate surface area is 317 Å². The number of benzene rings is 7. The molecule has 0 amide bonds. The lowest BCUT2D eigenvalue weighted by atomic mass is 9.49. The van der Waals surface area contributed by atoms with Gasteiger partial charge in [-0.25, -0.2) is 4.68 Å². The third-order valence-electron chi connectivity index (χ3n) is 12.5. The Morgan fingerprint density at radius 2 is 1.09 bits per heavy atom. The van der Waals surface area contributed by atoms with Crippen LogP contribution in [0.5, 0.6) is 11.6 Å². The van der Waals surface area contributed by atoms with Crippen LogP contribution in [0.25, 0.3) is 44.5 Å². The van der Waals surface area contributed by atoms with Gasteiger partial charge in [0.2, 0.25) is 5.88 Å². The van der Waals surface area contributed by atoms with E-state index in [1.165, 1.54) is 22.3 Å². The summed E-state index contributed by atoms with van der Waals surface area (Å²) in [4.78, 5) is 15.2. The third kappa shape index (κ3) is 3.62. The van der Waals surface area contributed by atoms with E-state index in [4.69, 9.17) is 4.74 Å². The minimum atomic E-state index is -0.278. The van der Waals surface area contributed by atoms with Crippen molar-refractivity contribution < 1.29 is 4.74 Å². The maximum atomic E-state index is 15.2. The van der Waals surface area contributed by atoms with Gasteiger partial charge in [-0.15, -0.1) is 0 Å². The minimum absolute atomic E-state index is 0.0582. The van der Waals surface area contributed by atoms with Crippen molar-refractivity contribution in [2.75, 3.05) is 0 Å². The van der Waals surface area contributed by atoms with Crippen LogP contribution in [-0.2, 0) is 0 Å². The molecule has 5 aliphatic rings. The highest BCUT2D eigenvalue weighted by Crippen LogP contribution is 2.56. The Hall–Kier alpha value is -7.05. The maximum absolute atomic E-state index is 15.2. The highest BCUT2D eigenvalue weighted by Gasteiger charge is 2.53. The number of fused-ring (bicyclic) bond motifs is 7. The zero-order chi connectivity index (χ0) is 35.9. The van der Waals surface area contributed by atoms with Crippen molar-refractivity contribution in [3.63, 3.8) is 0 Å². The maximum Gasteiger partial charge on any atom is 0.359 e. The zero-order valence-corrected chi connectivity index (χ0v) is 29.6. The summed E-state index contributed by atoms with van der Waals surface area (Å²) in [6, 6.07) is 60.2. The van der Waals surface area contributed by atoms with Gasteiger partial charge in [0.05, 0.1) is 28.4 Å². The smallest absolute Gasteiger partial charge is 0.359 e. The number of nitrogens with zero attached hydrogens (tertiary/aromatic N) is 3. The number of ether oxygens (including phenoxy) is 1. The fourth-order valence-electron chi connectivity index (χ4n) is 10.5. The summed E-state index contributed by atoms with van der Waals surface area (Å²) in [7, 11) is 0. The van der Waals surface area contributed by atoms with E-state index in [-0.39, 0.29) is 24.2 Å². The molecular formula is C49H30BN3O2. The van der Waals surface area contributed by atoms with Crippen LogP contribution in [0.3, 0.4) is 0 Å². The first-order valence-corrected chi connectivity index (χ1v) is 19.0. The molecule has 0 spiro atoms. The van der Waals surface area contributed by atoms with Crippen LogP contribution < -0.4 is 21.2 Å². The minimum Gasteiger partial charge on any atom is -0.441 e. The van der Waals surface area contributed by atoms with Gasteiger partial charge >= 0.3 is 6.85 Å². The van der Waals surface area contributed by atoms with Crippen molar-refractivity contribution in [3.05, 3.63) is 214 Å². The first-order valence-electron chi connectivity index (χ1n) is 19.0. The van der Waals surface area contributed by atoms with Gasteiger partial charge in [0.25, 0.3) is 5.56 Å². The van der Waals surface area contributed by atoms with Gasteiger partial charge in [-0.3, -0.25) is 9.36 Å². The molecule has 5 nitrogen and oxygen atoms in total. The topological polar surface area (TPSA) is 41.1 Å². The Balaban J connectivity index is 1.15. The number of para-hydroxylation sites is 2. The second-order valence-electron chi connectivity index (χ2n) is 15.1. The van der Waals surface area contributed by atoms with E-state index < -0.39 is 0 Å². The van der Waals surface area contributed by atoms with E-state index in [0.29, 0.717) is 0 Å². The predicted molar refractivity (Wildman–Crippen MR) is 219 cm³/mol. The average molecular weight is 704 g/mol. The van der Waals surface area contributed by atoms with Crippen LogP contribution >= 0.6 is 0 Å². The van der Waals surface area contributed by atoms with E-state index in [2.05, 4.69) is 173 Å². The van der Waals surface area contributed by atoms with E-state index in [1.807, 2.05) is 10.7 Å². The Kier molecular flexibility index (Phi) is 5.64. The van der Waals surface area contributed by atoms with E-state index in [9.17, 15) is 0 Å². The molecule has 0 N–H and O–H groups in total. The van der Waals surface area contributed by atoms with E-state index in [0.717, 1.165) is 78.3 Å². The Morgan fingerprint density at radius 3 is 1.75 bits per heavy atom. The monoisotopic (exact) mass is 703 g/mol. The molecule has 4 heterocycles. The van der Waals surface area contributed by atoms with Gasteiger partial charge in [0.15, 0.2) is 0 Å². The van der Waals surface area contributed by atoms with E-state index >= 15 is 4.79 Å². The summed E-state index contributed by atoms with van der Waals surface area (Å²) < 4.78 is 13.9. The molecule has 256 valence electrons. The third-order valence-corrected chi connectivity index (χ3v) is 12.5. The summed E-state index contributed by atoms with van der Waals surface area (Å²) >= 11 is 0. The van der Waals surface area contributed by atoms with Crippen LogP contribution in [0.2, 0.25) is 0 Å². The van der Waals surface area contributed by atoms with Crippen molar-refractivity contribution in [2.24, 2.45) is 0 Å². The lowest BCUT2D eigenvalue weighted by molar-refractivity contribution is 0.460. The van der Waals surface area contributed by atoms with Crippen LogP contribution in [0, 0.1) is 0 Å². The zero-order valence-electron chi connectivity index (χ0n) is 29.6. The fourth-order valence-corrected chi connectivity index (χ4v) is 10.5. The SMILES string of the molecule is O=c1c2c(n3n1-c1cccc4c1B3c1c(n(-c3c(-c5ccccc5)cccc3-c3ccccc3)c3ccccc13)O4)C1c3ccccc3C2c2ccccc21. The average Bonchev–Trinajstić information content (AvgIpc) is 3.88.